The number of hydrogen-bond donors (Lipinski definition) is 0. The molecule has 0 aromatic carbocycles. The summed E-state index contributed by atoms with van der Waals surface area (Å²) in [5, 5.41) is 0. The first-order chi connectivity index (χ1) is 14.1. The van der Waals surface area contributed by atoms with Crippen molar-refractivity contribution in [2.45, 2.75) is 44.9 Å². The molecule has 0 bridgehead atoms. The van der Waals surface area contributed by atoms with Crippen molar-refractivity contribution in [1.82, 2.24) is 15.0 Å². The first-order valence-electron chi connectivity index (χ1n) is 10.1. The van der Waals surface area contributed by atoms with Crippen LogP contribution in [-0.4, -0.2) is 27.5 Å². The average molecular weight is 460 g/mol. The fourth-order valence-corrected chi connectivity index (χ4v) is 4.41. The van der Waals surface area contributed by atoms with E-state index in [2.05, 4.69) is 40.3 Å². The molecular formula is C24H27Cl2N3O2. The molecule has 7 heteroatoms. The number of pyridine rings is 3. The topological polar surface area (TPSA) is 65.0 Å². The van der Waals surface area contributed by atoms with E-state index in [9.17, 15) is 4.79 Å². The first kappa shape index (κ1) is 24.8. The molecule has 3 heterocycles. The minimum Gasteiger partial charge on any atom is -0.466 e. The number of aromatic nitrogens is 3. The van der Waals surface area contributed by atoms with Crippen molar-refractivity contribution in [2.75, 3.05) is 6.61 Å². The number of esters is 1. The van der Waals surface area contributed by atoms with Crippen molar-refractivity contribution in [3.05, 3.63) is 77.4 Å². The zero-order chi connectivity index (χ0) is 20.3. The van der Waals surface area contributed by atoms with E-state index in [-0.39, 0.29) is 36.2 Å². The Morgan fingerprint density at radius 3 is 2.48 bits per heavy atom. The maximum absolute atomic E-state index is 12.0. The number of carbonyl (C=O) groups excluding carboxylic acids is 1. The lowest BCUT2D eigenvalue weighted by atomic mass is 9.70. The summed E-state index contributed by atoms with van der Waals surface area (Å²) in [6.07, 6.45) is 8.28. The van der Waals surface area contributed by atoms with Gasteiger partial charge in [0, 0.05) is 36.1 Å². The fourth-order valence-electron chi connectivity index (χ4n) is 4.41. The summed E-state index contributed by atoms with van der Waals surface area (Å²) in [7, 11) is 0. The summed E-state index contributed by atoms with van der Waals surface area (Å²) in [6, 6.07) is 12.5. The maximum Gasteiger partial charge on any atom is 0.305 e. The van der Waals surface area contributed by atoms with Crippen LogP contribution < -0.4 is 0 Å². The van der Waals surface area contributed by atoms with Crippen molar-refractivity contribution in [1.29, 1.82) is 0 Å². The van der Waals surface area contributed by atoms with E-state index in [1.54, 1.807) is 0 Å². The highest BCUT2D eigenvalue weighted by atomic mass is 35.5. The molecule has 3 aromatic rings. The molecular weight excluding hydrogens is 433 g/mol. The zero-order valence-corrected chi connectivity index (χ0v) is 19.3. The van der Waals surface area contributed by atoms with E-state index in [4.69, 9.17) is 9.72 Å². The largest absolute Gasteiger partial charge is 0.466 e. The van der Waals surface area contributed by atoms with Crippen LogP contribution in [-0.2, 0) is 21.4 Å². The van der Waals surface area contributed by atoms with Crippen LogP contribution >= 0.6 is 24.8 Å². The van der Waals surface area contributed by atoms with E-state index < -0.39 is 0 Å². The Hall–Kier alpha value is -2.50. The second-order valence-corrected chi connectivity index (χ2v) is 7.52. The van der Waals surface area contributed by atoms with Crippen LogP contribution in [0.5, 0.6) is 0 Å². The highest BCUT2D eigenvalue weighted by molar-refractivity contribution is 5.85. The molecule has 1 atom stereocenters. The Balaban J connectivity index is 0.00000171. The van der Waals surface area contributed by atoms with Gasteiger partial charge in [0.2, 0.25) is 0 Å². The molecule has 0 N–H and O–H groups in total. The van der Waals surface area contributed by atoms with Crippen LogP contribution in [0, 0.1) is 6.92 Å². The highest BCUT2D eigenvalue weighted by Crippen LogP contribution is 2.51. The predicted molar refractivity (Wildman–Crippen MR) is 126 cm³/mol. The lowest BCUT2D eigenvalue weighted by Gasteiger charge is -2.32. The Bertz CT molecular complexity index is 1030. The summed E-state index contributed by atoms with van der Waals surface area (Å²) >= 11 is 0. The van der Waals surface area contributed by atoms with Crippen LogP contribution in [0.15, 0.2) is 55.0 Å². The van der Waals surface area contributed by atoms with E-state index in [0.717, 1.165) is 36.3 Å². The smallest absolute Gasteiger partial charge is 0.305 e. The molecule has 0 spiro atoms. The number of nitrogens with zero attached hydrogens (tertiary/aromatic N) is 3. The third-order valence-corrected chi connectivity index (χ3v) is 5.64. The Morgan fingerprint density at radius 2 is 1.74 bits per heavy atom. The molecule has 0 aliphatic heterocycles. The van der Waals surface area contributed by atoms with Gasteiger partial charge in [-0.15, -0.1) is 24.8 Å². The molecule has 0 saturated heterocycles. The van der Waals surface area contributed by atoms with Gasteiger partial charge in [0.05, 0.1) is 18.0 Å². The van der Waals surface area contributed by atoms with Gasteiger partial charge in [-0.2, -0.15) is 0 Å². The quantitative estimate of drug-likeness (QED) is 0.450. The van der Waals surface area contributed by atoms with Crippen LogP contribution in [0.3, 0.4) is 0 Å². The minimum absolute atomic E-state index is 0. The number of carbonyl (C=O) groups is 1. The Labute approximate surface area is 195 Å². The summed E-state index contributed by atoms with van der Waals surface area (Å²) in [4.78, 5) is 25.6. The average Bonchev–Trinajstić information content (AvgIpc) is 2.99. The molecule has 0 amide bonds. The molecule has 31 heavy (non-hydrogen) atoms. The van der Waals surface area contributed by atoms with Crippen molar-refractivity contribution < 1.29 is 9.53 Å². The normalized spacial score (nSPS) is 15.8. The van der Waals surface area contributed by atoms with Gasteiger partial charge in [0.1, 0.15) is 0 Å². The third kappa shape index (κ3) is 4.89. The van der Waals surface area contributed by atoms with E-state index in [0.29, 0.717) is 13.0 Å². The van der Waals surface area contributed by atoms with Gasteiger partial charge in [0.25, 0.3) is 0 Å². The second kappa shape index (κ2) is 10.7. The van der Waals surface area contributed by atoms with E-state index in [1.807, 2.05) is 38.5 Å². The van der Waals surface area contributed by atoms with Crippen molar-refractivity contribution in [3.63, 3.8) is 0 Å². The number of hydrogen-bond acceptors (Lipinski definition) is 5. The van der Waals surface area contributed by atoms with Crippen LogP contribution in [0.4, 0.5) is 0 Å². The minimum atomic E-state index is -0.270. The lowest BCUT2D eigenvalue weighted by molar-refractivity contribution is -0.143. The van der Waals surface area contributed by atoms with Gasteiger partial charge in [-0.25, -0.2) is 0 Å². The molecule has 1 aliphatic rings. The van der Waals surface area contributed by atoms with E-state index in [1.165, 1.54) is 16.7 Å². The van der Waals surface area contributed by atoms with Crippen LogP contribution in [0.2, 0.25) is 0 Å². The summed E-state index contributed by atoms with van der Waals surface area (Å²) in [5.74, 6) is -0.141. The molecule has 0 saturated carbocycles. The molecule has 1 aliphatic carbocycles. The molecule has 164 valence electrons. The molecule has 4 rings (SSSR count). The SMILES string of the molecule is CCOC(=O)CCCC1(Cc2ccncc2)c2cccnc2-c2nc(C)ccc21.Cl.Cl. The van der Waals surface area contributed by atoms with Crippen molar-refractivity contribution in [2.24, 2.45) is 0 Å². The van der Waals surface area contributed by atoms with Crippen molar-refractivity contribution in [3.8, 4) is 11.4 Å². The van der Waals surface area contributed by atoms with E-state index >= 15 is 0 Å². The first-order valence-corrected chi connectivity index (χ1v) is 10.1. The Morgan fingerprint density at radius 1 is 1.00 bits per heavy atom. The third-order valence-electron chi connectivity index (χ3n) is 5.64. The molecule has 0 fully saturated rings. The van der Waals surface area contributed by atoms with Gasteiger partial charge >= 0.3 is 5.97 Å². The fraction of sp³-hybridized carbons (Fsp3) is 0.333. The summed E-state index contributed by atoms with van der Waals surface area (Å²) in [6.45, 7) is 4.26. The Kier molecular flexibility index (Phi) is 8.54. The number of rotatable bonds is 7. The van der Waals surface area contributed by atoms with Gasteiger partial charge < -0.3 is 4.74 Å². The zero-order valence-electron chi connectivity index (χ0n) is 17.7. The van der Waals surface area contributed by atoms with Crippen LogP contribution in [0.1, 0.15) is 48.6 Å². The number of aryl methyl sites for hydroxylation is 1. The molecule has 1 unspecified atom stereocenters. The number of halogens is 2. The van der Waals surface area contributed by atoms with Crippen molar-refractivity contribution >= 4 is 30.8 Å². The van der Waals surface area contributed by atoms with Gasteiger partial charge in [0.15, 0.2) is 0 Å². The van der Waals surface area contributed by atoms with Gasteiger partial charge in [-0.1, -0.05) is 12.1 Å². The number of ether oxygens (including phenoxy) is 1. The number of fused-ring (bicyclic) bond motifs is 3. The molecule has 0 radical (unpaired) electrons. The monoisotopic (exact) mass is 459 g/mol. The standard InChI is InChI=1S/C24H25N3O2.2ClH/c1-3-29-21(28)7-4-12-24(16-18-10-14-25-15-11-18)19-6-5-13-26-22(19)23-20(24)9-8-17(2)27-23;;/h5-6,8-11,13-15H,3-4,7,12,16H2,1-2H3;2*1H. The molecule has 5 nitrogen and oxygen atoms in total. The predicted octanol–water partition coefficient (Wildman–Crippen LogP) is 5.27. The van der Waals surface area contributed by atoms with Crippen LogP contribution in [0.25, 0.3) is 11.4 Å². The van der Waals surface area contributed by atoms with Gasteiger partial charge in [-0.3, -0.25) is 19.7 Å². The lowest BCUT2D eigenvalue weighted by Crippen LogP contribution is -2.29. The highest BCUT2D eigenvalue weighted by Gasteiger charge is 2.44. The maximum atomic E-state index is 12.0. The summed E-state index contributed by atoms with van der Waals surface area (Å²) in [5.41, 5.74) is 6.22. The van der Waals surface area contributed by atoms with Gasteiger partial charge in [-0.05, 0) is 74.1 Å². The molecule has 3 aromatic heterocycles. The second-order valence-electron chi connectivity index (χ2n) is 7.52. The summed E-state index contributed by atoms with van der Waals surface area (Å²) < 4.78 is 5.14.